The first-order valence-corrected chi connectivity index (χ1v) is 8.62. The Kier molecular flexibility index (Phi) is 6.11. The monoisotopic (exact) mass is 366 g/mol. The molecule has 1 aromatic carbocycles. The van der Waals surface area contributed by atoms with E-state index in [0.29, 0.717) is 5.75 Å². The minimum atomic E-state index is -4.48. The van der Waals surface area contributed by atoms with E-state index in [2.05, 4.69) is 9.88 Å². The number of hydrogen-bond donors (Lipinski definition) is 0. The van der Waals surface area contributed by atoms with Crippen molar-refractivity contribution in [3.63, 3.8) is 0 Å². The molecule has 0 amide bonds. The molecule has 7 heteroatoms. The van der Waals surface area contributed by atoms with Gasteiger partial charge in [0.1, 0.15) is 11.4 Å². The summed E-state index contributed by atoms with van der Waals surface area (Å²) in [6.07, 6.45) is -2.49. The van der Waals surface area contributed by atoms with Gasteiger partial charge in [0.05, 0.1) is 13.2 Å². The quantitative estimate of drug-likeness (QED) is 0.769. The van der Waals surface area contributed by atoms with E-state index >= 15 is 0 Å². The van der Waals surface area contributed by atoms with Gasteiger partial charge in [0, 0.05) is 19.2 Å². The van der Waals surface area contributed by atoms with Crippen LogP contribution in [-0.2, 0) is 17.3 Å². The van der Waals surface area contributed by atoms with Crippen molar-refractivity contribution in [2.75, 3.05) is 32.8 Å². The van der Waals surface area contributed by atoms with Gasteiger partial charge in [-0.25, -0.2) is 4.98 Å². The van der Waals surface area contributed by atoms with E-state index in [0.717, 1.165) is 51.8 Å². The second kappa shape index (κ2) is 8.51. The first kappa shape index (κ1) is 18.7. The van der Waals surface area contributed by atoms with Gasteiger partial charge in [-0.3, -0.25) is 4.90 Å². The summed E-state index contributed by atoms with van der Waals surface area (Å²) in [7, 11) is 0. The number of halogens is 3. The molecule has 0 N–H and O–H groups in total. The summed E-state index contributed by atoms with van der Waals surface area (Å²) >= 11 is 0. The van der Waals surface area contributed by atoms with Gasteiger partial charge in [-0.15, -0.1) is 0 Å². The van der Waals surface area contributed by atoms with Crippen LogP contribution < -0.4 is 4.74 Å². The Labute approximate surface area is 150 Å². The lowest BCUT2D eigenvalue weighted by Crippen LogP contribution is -2.36. The molecule has 140 valence electrons. The number of benzene rings is 1. The van der Waals surface area contributed by atoms with Crippen LogP contribution in [0.3, 0.4) is 0 Å². The summed E-state index contributed by atoms with van der Waals surface area (Å²) in [5, 5.41) is 0. The second-order valence-corrected chi connectivity index (χ2v) is 6.16. The topological polar surface area (TPSA) is 34.6 Å². The van der Waals surface area contributed by atoms with Gasteiger partial charge < -0.3 is 9.47 Å². The summed E-state index contributed by atoms with van der Waals surface area (Å²) in [6, 6.07) is 11.0. The number of nitrogens with zero attached hydrogens (tertiary/aromatic N) is 2. The van der Waals surface area contributed by atoms with Crippen LogP contribution in [0.5, 0.6) is 11.6 Å². The summed E-state index contributed by atoms with van der Waals surface area (Å²) < 4.78 is 48.8. The molecule has 0 atom stereocenters. The molecule has 0 bridgehead atoms. The Morgan fingerprint density at radius 3 is 2.46 bits per heavy atom. The molecule has 2 heterocycles. The molecule has 0 unspecified atom stereocenters. The van der Waals surface area contributed by atoms with Crippen molar-refractivity contribution in [3.8, 4) is 11.6 Å². The fourth-order valence-electron chi connectivity index (χ4n) is 2.81. The molecule has 1 aliphatic rings. The van der Waals surface area contributed by atoms with Crippen LogP contribution in [0.4, 0.5) is 13.2 Å². The van der Waals surface area contributed by atoms with Crippen LogP contribution in [0, 0.1) is 0 Å². The van der Waals surface area contributed by atoms with Crippen LogP contribution >= 0.6 is 0 Å². The molecule has 1 aliphatic heterocycles. The maximum Gasteiger partial charge on any atom is 0.433 e. The number of pyridine rings is 1. The first-order valence-electron chi connectivity index (χ1n) is 8.62. The molecule has 0 aliphatic carbocycles. The minimum Gasteiger partial charge on any atom is -0.439 e. The van der Waals surface area contributed by atoms with Crippen molar-refractivity contribution >= 4 is 0 Å². The van der Waals surface area contributed by atoms with Gasteiger partial charge in [-0.05, 0) is 43.1 Å². The van der Waals surface area contributed by atoms with Crippen LogP contribution in [0.1, 0.15) is 17.7 Å². The zero-order valence-electron chi connectivity index (χ0n) is 14.3. The van der Waals surface area contributed by atoms with Crippen LogP contribution in [0.15, 0.2) is 42.5 Å². The van der Waals surface area contributed by atoms with Crippen molar-refractivity contribution in [2.24, 2.45) is 0 Å². The molecule has 1 fully saturated rings. The van der Waals surface area contributed by atoms with E-state index in [9.17, 15) is 13.2 Å². The van der Waals surface area contributed by atoms with E-state index < -0.39 is 11.9 Å². The third-order valence-corrected chi connectivity index (χ3v) is 4.20. The Bertz CT molecular complexity index is 699. The van der Waals surface area contributed by atoms with Crippen LogP contribution in [0.25, 0.3) is 0 Å². The summed E-state index contributed by atoms with van der Waals surface area (Å²) in [5.74, 6) is 0.397. The third-order valence-electron chi connectivity index (χ3n) is 4.20. The Hall–Kier alpha value is -2.12. The molecule has 0 saturated carbocycles. The van der Waals surface area contributed by atoms with E-state index in [1.165, 1.54) is 17.7 Å². The lowest BCUT2D eigenvalue weighted by molar-refractivity contribution is -0.141. The largest absolute Gasteiger partial charge is 0.439 e. The molecule has 1 aromatic heterocycles. The fourth-order valence-corrected chi connectivity index (χ4v) is 2.81. The van der Waals surface area contributed by atoms with Gasteiger partial charge in [0.2, 0.25) is 5.88 Å². The third kappa shape index (κ3) is 5.44. The average molecular weight is 366 g/mol. The number of morpholine rings is 1. The van der Waals surface area contributed by atoms with Gasteiger partial charge in [-0.1, -0.05) is 18.2 Å². The Morgan fingerprint density at radius 2 is 1.77 bits per heavy atom. The highest BCUT2D eigenvalue weighted by molar-refractivity contribution is 5.31. The van der Waals surface area contributed by atoms with Crippen LogP contribution in [-0.4, -0.2) is 42.7 Å². The molecular weight excluding hydrogens is 345 g/mol. The maximum absolute atomic E-state index is 12.7. The lowest BCUT2D eigenvalue weighted by atomic mass is 10.1. The predicted molar refractivity (Wildman–Crippen MR) is 91.3 cm³/mol. The number of hydrogen-bond acceptors (Lipinski definition) is 4. The number of alkyl halides is 3. The summed E-state index contributed by atoms with van der Waals surface area (Å²) in [5.41, 5.74) is 0.206. The molecule has 0 spiro atoms. The van der Waals surface area contributed by atoms with E-state index in [-0.39, 0.29) is 5.88 Å². The predicted octanol–water partition coefficient (Wildman–Crippen LogP) is 4.16. The Morgan fingerprint density at radius 1 is 1.04 bits per heavy atom. The normalized spacial score (nSPS) is 15.8. The van der Waals surface area contributed by atoms with Crippen LogP contribution in [0.2, 0.25) is 0 Å². The molecule has 1 saturated heterocycles. The standard InChI is InChI=1S/C19H21F3N2O2/c20-19(21,22)17-4-1-5-18(23-17)26-16-8-6-15(7-9-16)3-2-10-24-11-13-25-14-12-24/h1,4-9H,2-3,10-14H2. The van der Waals surface area contributed by atoms with E-state index in [4.69, 9.17) is 9.47 Å². The highest BCUT2D eigenvalue weighted by Crippen LogP contribution is 2.29. The van der Waals surface area contributed by atoms with Crippen molar-refractivity contribution in [3.05, 3.63) is 53.7 Å². The number of aryl methyl sites for hydroxylation is 1. The van der Waals surface area contributed by atoms with Crippen molar-refractivity contribution < 1.29 is 22.6 Å². The zero-order chi connectivity index (χ0) is 18.4. The van der Waals surface area contributed by atoms with E-state index in [1.54, 1.807) is 12.1 Å². The first-order chi connectivity index (χ1) is 12.5. The summed E-state index contributed by atoms with van der Waals surface area (Å²) in [6.45, 7) is 4.61. The molecule has 26 heavy (non-hydrogen) atoms. The number of rotatable bonds is 6. The van der Waals surface area contributed by atoms with Gasteiger partial charge in [0.15, 0.2) is 0 Å². The summed E-state index contributed by atoms with van der Waals surface area (Å²) in [4.78, 5) is 5.89. The van der Waals surface area contributed by atoms with Crippen molar-refractivity contribution in [2.45, 2.75) is 19.0 Å². The SMILES string of the molecule is FC(F)(F)c1cccc(Oc2ccc(CCCN3CCOCC3)cc2)n1. The zero-order valence-corrected chi connectivity index (χ0v) is 14.3. The lowest BCUT2D eigenvalue weighted by Gasteiger charge is -2.26. The minimum absolute atomic E-state index is 0.0695. The molecule has 3 rings (SSSR count). The number of ether oxygens (including phenoxy) is 2. The smallest absolute Gasteiger partial charge is 0.433 e. The molecule has 0 radical (unpaired) electrons. The van der Waals surface area contributed by atoms with Crippen molar-refractivity contribution in [1.29, 1.82) is 0 Å². The van der Waals surface area contributed by atoms with Crippen molar-refractivity contribution in [1.82, 2.24) is 9.88 Å². The highest BCUT2D eigenvalue weighted by atomic mass is 19.4. The van der Waals surface area contributed by atoms with Gasteiger partial charge in [-0.2, -0.15) is 13.2 Å². The average Bonchev–Trinajstić information content (AvgIpc) is 2.64. The number of aromatic nitrogens is 1. The molecule has 2 aromatic rings. The Balaban J connectivity index is 1.51. The molecule has 4 nitrogen and oxygen atoms in total. The molecular formula is C19H21F3N2O2. The maximum atomic E-state index is 12.7. The van der Waals surface area contributed by atoms with Gasteiger partial charge in [0.25, 0.3) is 0 Å². The van der Waals surface area contributed by atoms with E-state index in [1.807, 2.05) is 12.1 Å². The fraction of sp³-hybridized carbons (Fsp3) is 0.421. The second-order valence-electron chi connectivity index (χ2n) is 6.16. The highest BCUT2D eigenvalue weighted by Gasteiger charge is 2.32. The van der Waals surface area contributed by atoms with Gasteiger partial charge >= 0.3 is 6.18 Å².